The summed E-state index contributed by atoms with van der Waals surface area (Å²) in [6, 6.07) is 1.03. The summed E-state index contributed by atoms with van der Waals surface area (Å²) in [5.74, 6) is -0.616. The SMILES string of the molecule is CCCC[C@H](NC(=O)OC(C(C)C)C(C)C)C(=O)C(=O)Nc1ccnn1C1CCC1. The molecule has 1 aliphatic carbocycles. The number of hydrogen-bond acceptors (Lipinski definition) is 5. The topological polar surface area (TPSA) is 102 Å². The standard InChI is InChI=1S/C22H36N4O4/c1-6-7-11-17(24-22(29)30-20(14(2)3)15(4)5)19(27)21(28)25-18-12-13-23-26(18)16-9-8-10-16/h12-17,20H,6-11H2,1-5H3,(H,24,29)(H,25,28)/t17-/m0/s1. The van der Waals surface area contributed by atoms with Crippen molar-refractivity contribution in [2.45, 2.75) is 91.3 Å². The highest BCUT2D eigenvalue weighted by atomic mass is 16.6. The molecule has 1 aliphatic rings. The molecule has 0 aromatic carbocycles. The normalized spacial score (nSPS) is 15.2. The summed E-state index contributed by atoms with van der Waals surface area (Å²) in [6.07, 6.45) is 5.78. The maximum atomic E-state index is 12.8. The van der Waals surface area contributed by atoms with Crippen molar-refractivity contribution < 1.29 is 19.1 Å². The lowest BCUT2D eigenvalue weighted by atomic mass is 9.93. The van der Waals surface area contributed by atoms with Crippen molar-refractivity contribution in [2.24, 2.45) is 11.8 Å². The highest BCUT2D eigenvalue weighted by Gasteiger charge is 2.30. The maximum Gasteiger partial charge on any atom is 0.408 e. The molecular formula is C22H36N4O4. The molecule has 2 N–H and O–H groups in total. The van der Waals surface area contributed by atoms with Gasteiger partial charge in [-0.25, -0.2) is 9.48 Å². The fourth-order valence-electron chi connectivity index (χ4n) is 3.69. The zero-order chi connectivity index (χ0) is 22.3. The zero-order valence-electron chi connectivity index (χ0n) is 18.8. The van der Waals surface area contributed by atoms with E-state index in [1.54, 1.807) is 16.9 Å². The molecule has 8 heteroatoms. The predicted octanol–water partition coefficient (Wildman–Crippen LogP) is 4.08. The summed E-state index contributed by atoms with van der Waals surface area (Å²) in [6.45, 7) is 9.92. The average molecular weight is 421 g/mol. The highest BCUT2D eigenvalue weighted by Crippen LogP contribution is 2.33. The highest BCUT2D eigenvalue weighted by molar-refractivity contribution is 6.42. The Balaban J connectivity index is 2.02. The third kappa shape index (κ3) is 6.31. The molecule has 0 unspecified atom stereocenters. The van der Waals surface area contributed by atoms with Crippen LogP contribution < -0.4 is 10.6 Å². The van der Waals surface area contributed by atoms with Crippen molar-refractivity contribution in [2.75, 3.05) is 5.32 Å². The van der Waals surface area contributed by atoms with Crippen molar-refractivity contribution in [3.8, 4) is 0 Å². The molecule has 0 aliphatic heterocycles. The van der Waals surface area contributed by atoms with Crippen LogP contribution in [0.2, 0.25) is 0 Å². The van der Waals surface area contributed by atoms with Crippen LogP contribution in [0.4, 0.5) is 10.6 Å². The van der Waals surface area contributed by atoms with E-state index in [1.165, 1.54) is 0 Å². The summed E-state index contributed by atoms with van der Waals surface area (Å²) < 4.78 is 7.30. The molecule has 168 valence electrons. The molecule has 1 aromatic heterocycles. The quantitative estimate of drug-likeness (QED) is 0.525. The zero-order valence-corrected chi connectivity index (χ0v) is 18.8. The number of nitrogens with zero attached hydrogens (tertiary/aromatic N) is 2. The molecule has 30 heavy (non-hydrogen) atoms. The van der Waals surface area contributed by atoms with E-state index in [0.717, 1.165) is 25.7 Å². The first kappa shape index (κ1) is 23.9. The Morgan fingerprint density at radius 1 is 1.20 bits per heavy atom. The van der Waals surface area contributed by atoms with Gasteiger partial charge in [0.1, 0.15) is 18.0 Å². The van der Waals surface area contributed by atoms with Crippen molar-refractivity contribution in [1.29, 1.82) is 0 Å². The number of aromatic nitrogens is 2. The lowest BCUT2D eigenvalue weighted by molar-refractivity contribution is -0.136. The molecule has 2 amide bonds. The van der Waals surface area contributed by atoms with Gasteiger partial charge >= 0.3 is 6.09 Å². The molecule has 1 fully saturated rings. The number of alkyl carbamates (subject to hydrolysis) is 1. The summed E-state index contributed by atoms with van der Waals surface area (Å²) in [5, 5.41) is 9.54. The number of nitrogens with one attached hydrogen (secondary N) is 2. The van der Waals surface area contributed by atoms with E-state index in [4.69, 9.17) is 4.74 Å². The number of ketones is 1. The number of amides is 2. The van der Waals surface area contributed by atoms with Gasteiger partial charge in [-0.1, -0.05) is 47.5 Å². The van der Waals surface area contributed by atoms with E-state index >= 15 is 0 Å². The Morgan fingerprint density at radius 2 is 1.87 bits per heavy atom. The Kier molecular flexibility index (Phi) is 8.87. The molecule has 1 heterocycles. The van der Waals surface area contributed by atoms with Gasteiger partial charge in [-0.15, -0.1) is 0 Å². The Bertz CT molecular complexity index is 716. The number of ether oxygens (including phenoxy) is 1. The van der Waals surface area contributed by atoms with E-state index < -0.39 is 23.8 Å². The molecule has 2 rings (SSSR count). The largest absolute Gasteiger partial charge is 0.446 e. The molecule has 0 bridgehead atoms. The minimum absolute atomic E-state index is 0.149. The van der Waals surface area contributed by atoms with Crippen LogP contribution in [-0.2, 0) is 14.3 Å². The second kappa shape index (κ2) is 11.1. The van der Waals surface area contributed by atoms with Gasteiger partial charge in [0.15, 0.2) is 0 Å². The van der Waals surface area contributed by atoms with Crippen LogP contribution in [0.15, 0.2) is 12.3 Å². The maximum absolute atomic E-state index is 12.8. The predicted molar refractivity (Wildman–Crippen MR) is 115 cm³/mol. The van der Waals surface area contributed by atoms with E-state index in [2.05, 4.69) is 15.7 Å². The fraction of sp³-hybridized carbons (Fsp3) is 0.727. The lowest BCUT2D eigenvalue weighted by Crippen LogP contribution is -2.47. The van der Waals surface area contributed by atoms with Gasteiger partial charge in [-0.2, -0.15) is 5.10 Å². The minimum Gasteiger partial charge on any atom is -0.446 e. The van der Waals surface area contributed by atoms with Crippen LogP contribution in [-0.4, -0.2) is 39.7 Å². The Labute approximate surface area is 179 Å². The van der Waals surface area contributed by atoms with Crippen LogP contribution in [0.5, 0.6) is 0 Å². The number of hydrogen-bond donors (Lipinski definition) is 2. The van der Waals surface area contributed by atoms with Crippen molar-refractivity contribution in [1.82, 2.24) is 15.1 Å². The Morgan fingerprint density at radius 3 is 2.40 bits per heavy atom. The molecule has 0 spiro atoms. The van der Waals surface area contributed by atoms with Crippen LogP contribution in [0.1, 0.15) is 79.2 Å². The van der Waals surface area contributed by atoms with Crippen molar-refractivity contribution in [3.63, 3.8) is 0 Å². The molecule has 0 saturated heterocycles. The van der Waals surface area contributed by atoms with Gasteiger partial charge in [0.05, 0.1) is 12.2 Å². The second-order valence-electron chi connectivity index (χ2n) is 8.76. The fourth-order valence-corrected chi connectivity index (χ4v) is 3.69. The summed E-state index contributed by atoms with van der Waals surface area (Å²) in [7, 11) is 0. The molecule has 8 nitrogen and oxygen atoms in total. The number of anilines is 1. The summed E-state index contributed by atoms with van der Waals surface area (Å²) >= 11 is 0. The van der Waals surface area contributed by atoms with Crippen LogP contribution in [0.25, 0.3) is 0 Å². The smallest absolute Gasteiger partial charge is 0.408 e. The first-order valence-electron chi connectivity index (χ1n) is 11.1. The third-order valence-electron chi connectivity index (χ3n) is 5.57. The van der Waals surface area contributed by atoms with Crippen LogP contribution in [0, 0.1) is 11.8 Å². The first-order chi connectivity index (χ1) is 14.2. The summed E-state index contributed by atoms with van der Waals surface area (Å²) in [5.41, 5.74) is 0. The minimum atomic E-state index is -0.919. The van der Waals surface area contributed by atoms with Gasteiger partial charge in [-0.3, -0.25) is 9.59 Å². The van der Waals surface area contributed by atoms with Crippen molar-refractivity contribution >= 4 is 23.6 Å². The van der Waals surface area contributed by atoms with E-state index in [1.807, 2.05) is 34.6 Å². The van der Waals surface area contributed by atoms with Gasteiger partial charge in [0, 0.05) is 6.07 Å². The van der Waals surface area contributed by atoms with Gasteiger partial charge in [0.2, 0.25) is 5.78 Å². The van der Waals surface area contributed by atoms with Gasteiger partial charge in [-0.05, 0) is 37.5 Å². The molecule has 1 aromatic rings. The average Bonchev–Trinajstić information content (AvgIpc) is 3.08. The number of Topliss-reactive ketones (excluding diaryl/α,β-unsaturated/α-hetero) is 1. The molecule has 0 radical (unpaired) electrons. The van der Waals surface area contributed by atoms with Crippen LogP contribution >= 0.6 is 0 Å². The van der Waals surface area contributed by atoms with E-state index in [9.17, 15) is 14.4 Å². The number of unbranched alkanes of at least 4 members (excludes halogenated alkanes) is 1. The second-order valence-corrected chi connectivity index (χ2v) is 8.76. The van der Waals surface area contributed by atoms with Crippen molar-refractivity contribution in [3.05, 3.63) is 12.3 Å². The van der Waals surface area contributed by atoms with Gasteiger partial charge < -0.3 is 15.4 Å². The summed E-state index contributed by atoms with van der Waals surface area (Å²) in [4.78, 5) is 37.9. The number of carbonyl (C=O) groups is 3. The van der Waals surface area contributed by atoms with Gasteiger partial charge in [0.25, 0.3) is 5.91 Å². The molecule has 1 saturated carbocycles. The third-order valence-corrected chi connectivity index (χ3v) is 5.57. The van der Waals surface area contributed by atoms with Crippen LogP contribution in [0.3, 0.4) is 0 Å². The number of carbonyl (C=O) groups excluding carboxylic acids is 3. The molecular weight excluding hydrogens is 384 g/mol. The number of rotatable bonds is 11. The molecule has 1 atom stereocenters. The monoisotopic (exact) mass is 420 g/mol. The Hall–Kier alpha value is -2.38. The first-order valence-corrected chi connectivity index (χ1v) is 11.1. The lowest BCUT2D eigenvalue weighted by Gasteiger charge is -2.27. The van der Waals surface area contributed by atoms with E-state index in [0.29, 0.717) is 18.7 Å². The van der Waals surface area contributed by atoms with E-state index in [-0.39, 0.29) is 24.0 Å².